The normalized spacial score (nSPS) is 8.67. The van der Waals surface area contributed by atoms with Gasteiger partial charge in [-0.25, -0.2) is 0 Å². The Bertz CT molecular complexity index is 135. The molecule has 4 nitrogen and oxygen atoms in total. The first kappa shape index (κ1) is 14.5. The Morgan fingerprint density at radius 2 is 1.25 bits per heavy atom. The number of hydrogen-bond acceptors (Lipinski definition) is 2. The molecule has 0 bridgehead atoms. The first-order valence-corrected chi connectivity index (χ1v) is 3.56. The van der Waals surface area contributed by atoms with Crippen LogP contribution < -0.4 is 29.6 Å². The number of aliphatic carboxylic acids is 2. The van der Waals surface area contributed by atoms with Crippen LogP contribution in [-0.4, -0.2) is 22.2 Å². The summed E-state index contributed by atoms with van der Waals surface area (Å²) in [6.45, 7) is 0. The third-order valence-electron chi connectivity index (χ3n) is 1.28. The van der Waals surface area contributed by atoms with E-state index in [4.69, 9.17) is 10.2 Å². The van der Waals surface area contributed by atoms with Crippen LogP contribution in [0, 0.1) is 0 Å². The molecule has 0 aliphatic heterocycles. The molecule has 0 fully saturated rings. The molecule has 0 heterocycles. The predicted molar refractivity (Wildman–Crippen MR) is 39.5 cm³/mol. The van der Waals surface area contributed by atoms with Crippen LogP contribution >= 0.6 is 0 Å². The number of carboxylic acid groups (broad SMARTS) is 2. The van der Waals surface area contributed by atoms with Crippen LogP contribution in [0.3, 0.4) is 0 Å². The van der Waals surface area contributed by atoms with Gasteiger partial charge in [-0.1, -0.05) is 6.42 Å². The van der Waals surface area contributed by atoms with Gasteiger partial charge in [0.05, 0.1) is 0 Å². The molecule has 0 spiro atoms. The minimum absolute atomic E-state index is 0. The van der Waals surface area contributed by atoms with Gasteiger partial charge in [-0.05, 0) is 12.8 Å². The molecule has 12 heavy (non-hydrogen) atoms. The molecule has 0 aromatic carbocycles. The fourth-order valence-electron chi connectivity index (χ4n) is 0.729. The predicted octanol–water partition coefficient (Wildman–Crippen LogP) is -1.78. The van der Waals surface area contributed by atoms with Crippen molar-refractivity contribution in [2.75, 3.05) is 0 Å². The van der Waals surface area contributed by atoms with Crippen molar-refractivity contribution in [2.24, 2.45) is 0 Å². The largest absolute Gasteiger partial charge is 1.00 e. The molecule has 2 N–H and O–H groups in total. The molecule has 0 aromatic heterocycles. The van der Waals surface area contributed by atoms with Gasteiger partial charge in [0.1, 0.15) is 0 Å². The summed E-state index contributed by atoms with van der Waals surface area (Å²) in [7, 11) is 0. The summed E-state index contributed by atoms with van der Waals surface area (Å²) in [6.07, 6.45) is 2.10. The molecule has 0 atom stereocenters. The second-order valence-electron chi connectivity index (χ2n) is 2.35. The van der Waals surface area contributed by atoms with Gasteiger partial charge in [0.2, 0.25) is 0 Å². The standard InChI is InChI=1S/C7H12O4.Na.H/c8-6(9)4-2-1-3-5-7(10)11;;/h1-5H2,(H,8,9)(H,10,11);;/q;+1;-1. The first-order chi connectivity index (χ1) is 5.13. The maximum Gasteiger partial charge on any atom is 1.00 e. The molecule has 0 amide bonds. The van der Waals surface area contributed by atoms with E-state index in [2.05, 4.69) is 0 Å². The summed E-state index contributed by atoms with van der Waals surface area (Å²) in [5, 5.41) is 16.4. The SMILES string of the molecule is O=C(O)CCCCCC(=O)O.[H-].[Na+]. The van der Waals surface area contributed by atoms with E-state index >= 15 is 0 Å². The van der Waals surface area contributed by atoms with E-state index in [0.29, 0.717) is 19.3 Å². The summed E-state index contributed by atoms with van der Waals surface area (Å²) in [6, 6.07) is 0. The van der Waals surface area contributed by atoms with Crippen molar-refractivity contribution < 1.29 is 50.8 Å². The van der Waals surface area contributed by atoms with E-state index in [1.54, 1.807) is 0 Å². The molecule has 0 saturated heterocycles. The Balaban J connectivity index is -0.000000500. The van der Waals surface area contributed by atoms with Crippen molar-refractivity contribution in [2.45, 2.75) is 32.1 Å². The fraction of sp³-hybridized carbons (Fsp3) is 0.714. The van der Waals surface area contributed by atoms with Gasteiger partial charge in [-0.2, -0.15) is 0 Å². The summed E-state index contributed by atoms with van der Waals surface area (Å²) in [5.41, 5.74) is 0. The van der Waals surface area contributed by atoms with Crippen molar-refractivity contribution in [3.63, 3.8) is 0 Å². The zero-order chi connectivity index (χ0) is 8.69. The van der Waals surface area contributed by atoms with Gasteiger partial charge in [-0.3, -0.25) is 9.59 Å². The Hall–Kier alpha value is -0.0600. The van der Waals surface area contributed by atoms with Gasteiger partial charge in [-0.15, -0.1) is 0 Å². The summed E-state index contributed by atoms with van der Waals surface area (Å²) < 4.78 is 0. The Morgan fingerprint density at radius 3 is 1.50 bits per heavy atom. The molecule has 0 aliphatic rings. The number of carboxylic acids is 2. The van der Waals surface area contributed by atoms with Gasteiger partial charge >= 0.3 is 41.5 Å². The van der Waals surface area contributed by atoms with Crippen molar-refractivity contribution in [3.8, 4) is 0 Å². The molecule has 5 heteroatoms. The van der Waals surface area contributed by atoms with Crippen LogP contribution in [0.4, 0.5) is 0 Å². The van der Waals surface area contributed by atoms with Crippen LogP contribution in [0.2, 0.25) is 0 Å². The molecule has 0 saturated carbocycles. The third kappa shape index (κ3) is 12.6. The average Bonchev–Trinajstić information content (AvgIpc) is 1.85. The van der Waals surface area contributed by atoms with E-state index in [1.807, 2.05) is 0 Å². The Labute approximate surface area is 94.7 Å². The van der Waals surface area contributed by atoms with Crippen LogP contribution in [0.5, 0.6) is 0 Å². The molecule has 0 rings (SSSR count). The molecule has 0 radical (unpaired) electrons. The quantitative estimate of drug-likeness (QED) is 0.378. The number of unbranched alkanes of at least 4 members (excludes halogenated alkanes) is 2. The van der Waals surface area contributed by atoms with E-state index in [0.717, 1.165) is 0 Å². The average molecular weight is 184 g/mol. The van der Waals surface area contributed by atoms with Crippen molar-refractivity contribution >= 4 is 11.9 Å². The number of rotatable bonds is 6. The summed E-state index contributed by atoms with van der Waals surface area (Å²) >= 11 is 0. The topological polar surface area (TPSA) is 74.6 Å². The molecule has 0 unspecified atom stereocenters. The minimum Gasteiger partial charge on any atom is -1.00 e. The Kier molecular flexibility index (Phi) is 10.9. The third-order valence-corrected chi connectivity index (χ3v) is 1.28. The molecule has 0 aliphatic carbocycles. The Morgan fingerprint density at radius 1 is 0.917 bits per heavy atom. The van der Waals surface area contributed by atoms with Gasteiger partial charge in [0.25, 0.3) is 0 Å². The monoisotopic (exact) mass is 184 g/mol. The second-order valence-corrected chi connectivity index (χ2v) is 2.35. The minimum atomic E-state index is -0.819. The van der Waals surface area contributed by atoms with Crippen LogP contribution in [-0.2, 0) is 9.59 Å². The van der Waals surface area contributed by atoms with E-state index in [1.165, 1.54) is 0 Å². The van der Waals surface area contributed by atoms with E-state index < -0.39 is 11.9 Å². The molecule has 66 valence electrons. The molecular formula is C7H13NaO4. The van der Waals surface area contributed by atoms with E-state index in [-0.39, 0.29) is 43.8 Å². The zero-order valence-electron chi connectivity index (χ0n) is 8.25. The van der Waals surface area contributed by atoms with E-state index in [9.17, 15) is 9.59 Å². The smallest absolute Gasteiger partial charge is 1.00 e. The molecule has 0 aromatic rings. The fourth-order valence-corrected chi connectivity index (χ4v) is 0.729. The zero-order valence-corrected chi connectivity index (χ0v) is 9.25. The first-order valence-electron chi connectivity index (χ1n) is 3.56. The van der Waals surface area contributed by atoms with Crippen molar-refractivity contribution in [3.05, 3.63) is 0 Å². The summed E-state index contributed by atoms with van der Waals surface area (Å²) in [4.78, 5) is 20.0. The van der Waals surface area contributed by atoms with Gasteiger partial charge < -0.3 is 11.6 Å². The van der Waals surface area contributed by atoms with Crippen molar-refractivity contribution in [1.29, 1.82) is 0 Å². The maximum atomic E-state index is 9.98. The molecular weight excluding hydrogens is 171 g/mol. The van der Waals surface area contributed by atoms with Gasteiger partial charge in [0.15, 0.2) is 0 Å². The summed E-state index contributed by atoms with van der Waals surface area (Å²) in [5.74, 6) is -1.64. The van der Waals surface area contributed by atoms with Crippen LogP contribution in [0.25, 0.3) is 0 Å². The van der Waals surface area contributed by atoms with Crippen molar-refractivity contribution in [1.82, 2.24) is 0 Å². The number of hydrogen-bond donors (Lipinski definition) is 2. The second kappa shape index (κ2) is 9.03. The van der Waals surface area contributed by atoms with Gasteiger partial charge in [0, 0.05) is 12.8 Å². The maximum absolute atomic E-state index is 9.98. The van der Waals surface area contributed by atoms with Crippen LogP contribution in [0.15, 0.2) is 0 Å². The number of carbonyl (C=O) groups is 2. The van der Waals surface area contributed by atoms with Crippen LogP contribution in [0.1, 0.15) is 33.5 Å².